The van der Waals surface area contributed by atoms with E-state index in [0.717, 1.165) is 41.4 Å². The Morgan fingerprint density at radius 2 is 1.47 bits per heavy atom. The Hall–Kier alpha value is 0.130. The van der Waals surface area contributed by atoms with E-state index < -0.39 is 5.21 Å². The van der Waals surface area contributed by atoms with Gasteiger partial charge in [-0.3, -0.25) is 0 Å². The first kappa shape index (κ1) is 12.8. The molecule has 4 aliphatic rings. The van der Waals surface area contributed by atoms with Gasteiger partial charge >= 0.3 is 0 Å². The topological polar surface area (TPSA) is 0 Å². The molecule has 4 aliphatic carbocycles. The van der Waals surface area contributed by atoms with Crippen molar-refractivity contribution in [2.24, 2.45) is 40.4 Å². The van der Waals surface area contributed by atoms with Crippen molar-refractivity contribution in [3.8, 4) is 0 Å². The summed E-state index contributed by atoms with van der Waals surface area (Å²) in [4.78, 5) is 0. The van der Waals surface area contributed by atoms with Crippen LogP contribution in [0.4, 0.5) is 0 Å². The second kappa shape index (κ2) is 3.47. The molecule has 4 radical (unpaired) electrons. The van der Waals surface area contributed by atoms with E-state index in [1.807, 2.05) is 0 Å². The number of rotatable bonds is 2. The summed E-state index contributed by atoms with van der Waals surface area (Å²) in [7, 11) is 13.0. The standard InChI is InChI=1S/C17H26B2/c1-15(2,3)17(18,19)9-14-10-4-12-6-13-5-11(14)8-16(12,13)7-10/h10-14H,4-9H2,1-3H3. The van der Waals surface area contributed by atoms with Crippen molar-refractivity contribution in [2.45, 2.75) is 64.5 Å². The van der Waals surface area contributed by atoms with E-state index in [1.54, 1.807) is 6.42 Å². The maximum absolute atomic E-state index is 6.51. The fourth-order valence-electron chi connectivity index (χ4n) is 6.34. The molecule has 0 aromatic rings. The monoisotopic (exact) mass is 252 g/mol. The van der Waals surface area contributed by atoms with Crippen LogP contribution in [0.15, 0.2) is 0 Å². The second-order valence-corrected chi connectivity index (χ2v) is 9.42. The molecule has 0 N–H and O–H groups in total. The van der Waals surface area contributed by atoms with Crippen LogP contribution in [0.3, 0.4) is 0 Å². The van der Waals surface area contributed by atoms with Crippen molar-refractivity contribution in [1.82, 2.24) is 0 Å². The van der Waals surface area contributed by atoms with Gasteiger partial charge in [-0.15, -0.1) is 0 Å². The van der Waals surface area contributed by atoms with Gasteiger partial charge in [0.25, 0.3) is 0 Å². The maximum Gasteiger partial charge on any atom is 0.0627 e. The minimum Gasteiger partial charge on any atom is -0.0940 e. The summed E-state index contributed by atoms with van der Waals surface area (Å²) >= 11 is 0. The van der Waals surface area contributed by atoms with Crippen LogP contribution < -0.4 is 0 Å². The van der Waals surface area contributed by atoms with E-state index in [-0.39, 0.29) is 5.41 Å². The quantitative estimate of drug-likeness (QED) is 0.653. The third-order valence-electron chi connectivity index (χ3n) is 7.83. The van der Waals surface area contributed by atoms with Crippen molar-refractivity contribution >= 4 is 15.7 Å². The first-order valence-corrected chi connectivity index (χ1v) is 8.31. The van der Waals surface area contributed by atoms with Crippen molar-refractivity contribution < 1.29 is 0 Å². The van der Waals surface area contributed by atoms with Crippen LogP contribution in [0, 0.1) is 40.4 Å². The Bertz CT molecular complexity index is 382. The van der Waals surface area contributed by atoms with Gasteiger partial charge in [-0.2, -0.15) is 0 Å². The number of hydrogen-bond donors (Lipinski definition) is 0. The van der Waals surface area contributed by atoms with Gasteiger partial charge in [-0.05, 0) is 72.5 Å². The van der Waals surface area contributed by atoms with Crippen LogP contribution in [0.5, 0.6) is 0 Å². The third kappa shape index (κ3) is 1.50. The van der Waals surface area contributed by atoms with Gasteiger partial charge in [0.15, 0.2) is 0 Å². The van der Waals surface area contributed by atoms with Crippen molar-refractivity contribution in [3.63, 3.8) is 0 Å². The summed E-state index contributed by atoms with van der Waals surface area (Å²) in [6.07, 6.45) is 8.62. The van der Waals surface area contributed by atoms with Crippen LogP contribution in [-0.4, -0.2) is 15.7 Å². The summed E-state index contributed by atoms with van der Waals surface area (Å²) in [5.41, 5.74) is 0.821. The summed E-state index contributed by atoms with van der Waals surface area (Å²) in [6, 6.07) is 0. The molecule has 4 unspecified atom stereocenters. The van der Waals surface area contributed by atoms with E-state index in [9.17, 15) is 0 Å². The largest absolute Gasteiger partial charge is 0.0940 e. The van der Waals surface area contributed by atoms with Gasteiger partial charge < -0.3 is 0 Å². The smallest absolute Gasteiger partial charge is 0.0627 e. The molecule has 19 heavy (non-hydrogen) atoms. The van der Waals surface area contributed by atoms with Gasteiger partial charge in [0.2, 0.25) is 0 Å². The highest BCUT2D eigenvalue weighted by atomic mass is 14.7. The Morgan fingerprint density at radius 3 is 1.95 bits per heavy atom. The van der Waals surface area contributed by atoms with Crippen LogP contribution in [0.1, 0.15) is 59.3 Å². The zero-order valence-corrected chi connectivity index (χ0v) is 12.8. The van der Waals surface area contributed by atoms with E-state index in [2.05, 4.69) is 20.8 Å². The molecular weight excluding hydrogens is 226 g/mol. The van der Waals surface area contributed by atoms with Crippen molar-refractivity contribution in [1.29, 1.82) is 0 Å². The first-order valence-electron chi connectivity index (χ1n) is 8.31. The molecule has 4 saturated carbocycles. The fourth-order valence-corrected chi connectivity index (χ4v) is 6.34. The molecule has 2 heteroatoms. The average Bonchev–Trinajstić information content (AvgIpc) is 2.65. The Balaban J connectivity index is 1.58. The lowest BCUT2D eigenvalue weighted by atomic mass is 9.40. The van der Waals surface area contributed by atoms with Crippen molar-refractivity contribution in [3.05, 3.63) is 0 Å². The number of hydrogen-bond acceptors (Lipinski definition) is 0. The zero-order valence-electron chi connectivity index (χ0n) is 12.8. The minimum atomic E-state index is -0.507. The molecule has 0 nitrogen and oxygen atoms in total. The molecule has 4 atom stereocenters. The summed E-state index contributed by atoms with van der Waals surface area (Å²) in [5, 5.41) is -0.507. The molecule has 0 amide bonds. The number of fused-ring (bicyclic) bond motifs is 2. The molecule has 0 aromatic carbocycles. The highest BCUT2D eigenvalue weighted by molar-refractivity contribution is 6.40. The fraction of sp³-hybridized carbons (Fsp3) is 1.00. The van der Waals surface area contributed by atoms with Crippen molar-refractivity contribution in [2.75, 3.05) is 0 Å². The highest BCUT2D eigenvalue weighted by Crippen LogP contribution is 2.77. The molecule has 4 rings (SSSR count). The normalized spacial score (nSPS) is 51.2. The average molecular weight is 252 g/mol. The molecule has 3 bridgehead atoms. The molecule has 1 spiro atoms. The van der Waals surface area contributed by atoms with Crippen LogP contribution in [0.25, 0.3) is 0 Å². The lowest BCUT2D eigenvalue weighted by Crippen LogP contribution is -2.42. The van der Waals surface area contributed by atoms with Gasteiger partial charge in [-0.25, -0.2) is 0 Å². The lowest BCUT2D eigenvalue weighted by molar-refractivity contribution is -0.00231. The van der Waals surface area contributed by atoms with Crippen LogP contribution in [-0.2, 0) is 0 Å². The van der Waals surface area contributed by atoms with E-state index in [4.69, 9.17) is 15.7 Å². The molecule has 0 aliphatic heterocycles. The molecule has 4 fully saturated rings. The SMILES string of the molecule is [B]C([B])(CC1C2CC3CC4CC1CC34C2)C(C)(C)C. The minimum absolute atomic E-state index is 0.00165. The summed E-state index contributed by atoms with van der Waals surface area (Å²) in [6.45, 7) is 6.59. The molecule has 0 saturated heterocycles. The van der Waals surface area contributed by atoms with E-state index in [0.29, 0.717) is 0 Å². The first-order chi connectivity index (χ1) is 8.73. The zero-order chi connectivity index (χ0) is 13.6. The second-order valence-electron chi connectivity index (χ2n) is 9.42. The maximum atomic E-state index is 6.51. The Kier molecular flexibility index (Phi) is 2.35. The van der Waals surface area contributed by atoms with Crippen LogP contribution in [0.2, 0.25) is 5.21 Å². The predicted molar refractivity (Wildman–Crippen MR) is 81.2 cm³/mol. The molecular formula is C17H26B2. The van der Waals surface area contributed by atoms with Gasteiger partial charge in [0.1, 0.15) is 0 Å². The Morgan fingerprint density at radius 1 is 0.947 bits per heavy atom. The summed E-state index contributed by atoms with van der Waals surface area (Å²) < 4.78 is 0. The van der Waals surface area contributed by atoms with Gasteiger partial charge in [0, 0.05) is 0 Å². The lowest BCUT2D eigenvalue weighted by Gasteiger charge is -2.50. The Labute approximate surface area is 121 Å². The molecule has 0 aromatic heterocycles. The van der Waals surface area contributed by atoms with E-state index >= 15 is 0 Å². The summed E-state index contributed by atoms with van der Waals surface area (Å²) in [5.74, 6) is 4.88. The molecule has 100 valence electrons. The van der Waals surface area contributed by atoms with E-state index in [1.165, 1.54) is 25.7 Å². The van der Waals surface area contributed by atoms with Crippen LogP contribution >= 0.6 is 0 Å². The predicted octanol–water partition coefficient (Wildman–Crippen LogP) is 3.95. The van der Waals surface area contributed by atoms with Gasteiger partial charge in [0.05, 0.1) is 15.7 Å². The molecule has 0 heterocycles. The van der Waals surface area contributed by atoms with Gasteiger partial charge in [-0.1, -0.05) is 32.4 Å². The highest BCUT2D eigenvalue weighted by Gasteiger charge is 2.68. The third-order valence-corrected chi connectivity index (χ3v) is 7.83.